The zero-order chi connectivity index (χ0) is 22.2. The van der Waals surface area contributed by atoms with E-state index in [1.165, 1.54) is 7.11 Å². The van der Waals surface area contributed by atoms with Gasteiger partial charge in [0, 0.05) is 23.3 Å². The maximum absolute atomic E-state index is 11.9. The van der Waals surface area contributed by atoms with Crippen LogP contribution in [0.25, 0.3) is 0 Å². The van der Waals surface area contributed by atoms with Gasteiger partial charge in [0.15, 0.2) is 5.11 Å². The lowest BCUT2D eigenvalue weighted by molar-refractivity contribution is 0.417. The van der Waals surface area contributed by atoms with Crippen LogP contribution in [0.3, 0.4) is 0 Å². The third-order valence-electron chi connectivity index (χ3n) is 5.03. The van der Waals surface area contributed by atoms with Gasteiger partial charge >= 0.3 is 0 Å². The van der Waals surface area contributed by atoms with E-state index in [2.05, 4.69) is 20.0 Å². The predicted molar refractivity (Wildman–Crippen MR) is 125 cm³/mol. The van der Waals surface area contributed by atoms with Crippen LogP contribution in [-0.2, 0) is 10.0 Å². The van der Waals surface area contributed by atoms with Gasteiger partial charge in [-0.15, -0.1) is 0 Å². The van der Waals surface area contributed by atoms with E-state index in [1.807, 2.05) is 48.2 Å². The molecule has 0 saturated carbocycles. The predicted octanol–water partition coefficient (Wildman–Crippen LogP) is 3.28. The van der Waals surface area contributed by atoms with Gasteiger partial charge in [0.25, 0.3) is 0 Å². The highest BCUT2D eigenvalue weighted by molar-refractivity contribution is 7.92. The molecule has 0 bridgehead atoms. The zero-order valence-corrected chi connectivity index (χ0v) is 18.9. The number of nitrogens with one attached hydrogen (secondary N) is 3. The second kappa shape index (κ2) is 8.20. The minimum Gasteiger partial charge on any atom is -0.495 e. The molecule has 31 heavy (non-hydrogen) atoms. The Morgan fingerprint density at radius 1 is 1.19 bits per heavy atom. The van der Waals surface area contributed by atoms with E-state index >= 15 is 0 Å². The van der Waals surface area contributed by atoms with Crippen LogP contribution in [0.5, 0.6) is 5.75 Å². The standard InChI is InChI=1S/C21H23N5O3S2/c1-13-7-9-16(23-13)20-19(15-6-4-5-11-22-15)24-21(30)26(20)14-8-10-18(29-2)17(12-14)25-31(3,27)28/h4-12,19-20,23,25H,1-3H3,(H,24,30)/t19-,20-/m1/s1. The van der Waals surface area contributed by atoms with E-state index in [-0.39, 0.29) is 12.1 Å². The van der Waals surface area contributed by atoms with Crippen molar-refractivity contribution < 1.29 is 13.2 Å². The molecule has 4 rings (SSSR count). The fourth-order valence-corrected chi connectivity index (χ4v) is 4.68. The fourth-order valence-electron chi connectivity index (χ4n) is 3.77. The number of hydrogen-bond acceptors (Lipinski definition) is 5. The lowest BCUT2D eigenvalue weighted by atomic mass is 10.0. The summed E-state index contributed by atoms with van der Waals surface area (Å²) in [5, 5.41) is 3.89. The molecule has 3 heterocycles. The van der Waals surface area contributed by atoms with Crippen molar-refractivity contribution in [3.63, 3.8) is 0 Å². The average Bonchev–Trinajstić information content (AvgIpc) is 3.30. The van der Waals surface area contributed by atoms with Gasteiger partial charge in [-0.2, -0.15) is 0 Å². The molecule has 1 aromatic carbocycles. The summed E-state index contributed by atoms with van der Waals surface area (Å²) in [5.74, 6) is 0.417. The van der Waals surface area contributed by atoms with Crippen molar-refractivity contribution in [2.45, 2.75) is 19.0 Å². The molecule has 2 atom stereocenters. The number of hydrogen-bond donors (Lipinski definition) is 3. The first kappa shape index (κ1) is 21.1. The van der Waals surface area contributed by atoms with E-state index in [4.69, 9.17) is 17.0 Å². The van der Waals surface area contributed by atoms with E-state index in [0.717, 1.165) is 29.0 Å². The molecule has 0 radical (unpaired) electrons. The molecular weight excluding hydrogens is 434 g/mol. The molecule has 0 unspecified atom stereocenters. The molecule has 8 nitrogen and oxygen atoms in total. The first-order chi connectivity index (χ1) is 14.8. The summed E-state index contributed by atoms with van der Waals surface area (Å²) >= 11 is 5.70. The van der Waals surface area contributed by atoms with Crippen molar-refractivity contribution in [3.8, 4) is 5.75 Å². The van der Waals surface area contributed by atoms with Crippen molar-refractivity contribution in [1.29, 1.82) is 0 Å². The Morgan fingerprint density at radius 3 is 2.61 bits per heavy atom. The molecule has 2 aromatic heterocycles. The number of benzene rings is 1. The van der Waals surface area contributed by atoms with Crippen LogP contribution >= 0.6 is 12.2 Å². The molecule has 10 heteroatoms. The van der Waals surface area contributed by atoms with Gasteiger partial charge in [-0.25, -0.2) is 8.42 Å². The van der Waals surface area contributed by atoms with Crippen LogP contribution in [0, 0.1) is 6.92 Å². The van der Waals surface area contributed by atoms with Gasteiger partial charge in [-0.05, 0) is 61.6 Å². The Bertz CT molecular complexity index is 1210. The molecule has 1 aliphatic heterocycles. The number of aromatic amines is 1. The average molecular weight is 458 g/mol. The summed E-state index contributed by atoms with van der Waals surface area (Å²) in [6.45, 7) is 1.99. The summed E-state index contributed by atoms with van der Waals surface area (Å²) in [7, 11) is -2.00. The van der Waals surface area contributed by atoms with Crippen molar-refractivity contribution in [3.05, 3.63) is 71.8 Å². The van der Waals surface area contributed by atoms with Crippen molar-refractivity contribution in [2.75, 3.05) is 23.0 Å². The highest BCUT2D eigenvalue weighted by atomic mass is 32.2. The van der Waals surface area contributed by atoms with Crippen molar-refractivity contribution >= 4 is 38.7 Å². The zero-order valence-electron chi connectivity index (χ0n) is 17.3. The third kappa shape index (κ3) is 4.35. The number of H-pyrrole nitrogens is 1. The quantitative estimate of drug-likeness (QED) is 0.489. The number of pyridine rings is 1. The number of aryl methyl sites for hydroxylation is 1. The van der Waals surface area contributed by atoms with Crippen LogP contribution in [0.15, 0.2) is 54.7 Å². The Morgan fingerprint density at radius 2 is 2.00 bits per heavy atom. The van der Waals surface area contributed by atoms with Crippen molar-refractivity contribution in [2.24, 2.45) is 0 Å². The van der Waals surface area contributed by atoms with Gasteiger partial charge < -0.3 is 19.9 Å². The molecule has 1 saturated heterocycles. The second-order valence-corrected chi connectivity index (χ2v) is 9.49. The van der Waals surface area contributed by atoms with Crippen LogP contribution in [-0.4, -0.2) is 36.9 Å². The molecule has 0 aliphatic carbocycles. The molecule has 3 N–H and O–H groups in total. The number of aromatic nitrogens is 2. The SMILES string of the molecule is COc1ccc(N2C(=S)N[C@H](c3ccccn3)[C@H]2c2ccc(C)[nH]2)cc1NS(C)(=O)=O. The van der Waals surface area contributed by atoms with Gasteiger partial charge in [0.2, 0.25) is 10.0 Å². The highest BCUT2D eigenvalue weighted by Gasteiger charge is 2.41. The van der Waals surface area contributed by atoms with E-state index in [9.17, 15) is 8.42 Å². The molecular formula is C21H23N5O3S2. The number of nitrogens with zero attached hydrogens (tertiary/aromatic N) is 2. The third-order valence-corrected chi connectivity index (χ3v) is 5.93. The first-order valence-corrected chi connectivity index (χ1v) is 11.9. The molecule has 0 amide bonds. The first-order valence-electron chi connectivity index (χ1n) is 9.59. The second-order valence-electron chi connectivity index (χ2n) is 7.35. The van der Waals surface area contributed by atoms with Crippen molar-refractivity contribution in [1.82, 2.24) is 15.3 Å². The summed E-state index contributed by atoms with van der Waals surface area (Å²) in [6.07, 6.45) is 2.85. The minimum atomic E-state index is -3.49. The Labute approximate surface area is 186 Å². The molecule has 3 aromatic rings. The molecule has 162 valence electrons. The lowest BCUT2D eigenvalue weighted by Crippen LogP contribution is -2.29. The number of methoxy groups -OCH3 is 1. The maximum atomic E-state index is 11.9. The lowest BCUT2D eigenvalue weighted by Gasteiger charge is -2.27. The van der Waals surface area contributed by atoms with Gasteiger partial charge in [-0.1, -0.05) is 6.07 Å². The Balaban J connectivity index is 1.82. The highest BCUT2D eigenvalue weighted by Crippen LogP contribution is 2.42. The number of anilines is 2. The summed E-state index contributed by atoms with van der Waals surface area (Å²) in [6, 6.07) is 14.7. The van der Waals surface area contributed by atoms with E-state index < -0.39 is 10.0 Å². The molecule has 1 fully saturated rings. The Hall–Kier alpha value is -3.11. The van der Waals surface area contributed by atoms with Crippen LogP contribution in [0.4, 0.5) is 11.4 Å². The van der Waals surface area contributed by atoms with Gasteiger partial charge in [0.1, 0.15) is 11.8 Å². The normalized spacial score (nSPS) is 18.7. The maximum Gasteiger partial charge on any atom is 0.229 e. The number of rotatable bonds is 6. The van der Waals surface area contributed by atoms with E-state index in [1.54, 1.807) is 18.3 Å². The van der Waals surface area contributed by atoms with Crippen LogP contribution in [0.2, 0.25) is 0 Å². The smallest absolute Gasteiger partial charge is 0.229 e. The Kier molecular flexibility index (Phi) is 5.59. The molecule has 1 aliphatic rings. The summed E-state index contributed by atoms with van der Waals surface area (Å²) in [5.41, 5.74) is 3.91. The fraction of sp³-hybridized carbons (Fsp3) is 0.238. The summed E-state index contributed by atoms with van der Waals surface area (Å²) < 4.78 is 31.6. The summed E-state index contributed by atoms with van der Waals surface area (Å²) in [4.78, 5) is 9.90. The van der Waals surface area contributed by atoms with Gasteiger partial charge in [0.05, 0.1) is 30.8 Å². The minimum absolute atomic E-state index is 0.194. The van der Waals surface area contributed by atoms with Crippen LogP contribution in [0.1, 0.15) is 29.2 Å². The largest absolute Gasteiger partial charge is 0.495 e. The number of ether oxygens (including phenoxy) is 1. The van der Waals surface area contributed by atoms with Crippen LogP contribution < -0.4 is 19.7 Å². The van der Waals surface area contributed by atoms with E-state index in [0.29, 0.717) is 16.5 Å². The topological polar surface area (TPSA) is 99.3 Å². The van der Waals surface area contributed by atoms with Gasteiger partial charge in [-0.3, -0.25) is 9.71 Å². The molecule has 0 spiro atoms. The number of sulfonamides is 1. The monoisotopic (exact) mass is 457 g/mol. The number of thiocarbonyl (C=S) groups is 1.